The maximum atomic E-state index is 13.3. The molecule has 1 fully saturated rings. The molecular formula is C24H24ClFN8O2. The average Bonchev–Trinajstić information content (AvgIpc) is 3.44. The highest BCUT2D eigenvalue weighted by Gasteiger charge is 2.39. The first-order chi connectivity index (χ1) is 17.4. The van der Waals surface area contributed by atoms with Crippen molar-refractivity contribution in [1.29, 1.82) is 5.26 Å². The van der Waals surface area contributed by atoms with E-state index in [1.165, 1.54) is 12.1 Å². The Morgan fingerprint density at radius 2 is 2.08 bits per heavy atom. The van der Waals surface area contributed by atoms with Gasteiger partial charge in [-0.2, -0.15) is 10.5 Å². The molecule has 2 aliphatic heterocycles. The number of carbonyl (C=O) groups is 1. The number of nitrogens with one attached hydrogen (secondary N) is 2. The summed E-state index contributed by atoms with van der Waals surface area (Å²) in [4.78, 5) is 16.7. The lowest BCUT2D eigenvalue weighted by Gasteiger charge is -2.39. The van der Waals surface area contributed by atoms with Crippen LogP contribution < -0.4 is 15.0 Å². The van der Waals surface area contributed by atoms with Gasteiger partial charge in [-0.3, -0.25) is 4.79 Å². The number of fused-ring (bicyclic) bond motifs is 1. The van der Waals surface area contributed by atoms with Gasteiger partial charge in [-0.05, 0) is 48.2 Å². The predicted octanol–water partition coefficient (Wildman–Crippen LogP) is 3.31. The average molecular weight is 511 g/mol. The quantitative estimate of drug-likeness (QED) is 0.536. The molecule has 0 saturated carbocycles. The minimum absolute atomic E-state index is 0.135. The van der Waals surface area contributed by atoms with E-state index in [9.17, 15) is 14.4 Å². The van der Waals surface area contributed by atoms with Crippen molar-refractivity contribution in [3.8, 4) is 11.8 Å². The molecule has 2 N–H and O–H groups in total. The number of benzene rings is 2. The Bertz CT molecular complexity index is 1290. The highest BCUT2D eigenvalue weighted by Crippen LogP contribution is 2.40. The number of nitriles is 1. The maximum Gasteiger partial charge on any atom is 0.269 e. The van der Waals surface area contributed by atoms with Crippen LogP contribution >= 0.6 is 11.6 Å². The summed E-state index contributed by atoms with van der Waals surface area (Å²) < 4.78 is 19.3. The molecule has 5 rings (SSSR count). The van der Waals surface area contributed by atoms with Crippen molar-refractivity contribution in [3.05, 3.63) is 52.8 Å². The van der Waals surface area contributed by atoms with E-state index in [2.05, 4.69) is 32.0 Å². The normalized spacial score (nSPS) is 18.4. The molecule has 36 heavy (non-hydrogen) atoms. The molecule has 1 unspecified atom stereocenters. The molecule has 0 aliphatic carbocycles. The van der Waals surface area contributed by atoms with Crippen LogP contribution in [0.4, 0.5) is 21.7 Å². The third-order valence-corrected chi connectivity index (χ3v) is 7.10. The summed E-state index contributed by atoms with van der Waals surface area (Å²) in [5.41, 5.74) is 1.62. The zero-order chi connectivity index (χ0) is 25.3. The van der Waals surface area contributed by atoms with Gasteiger partial charge < -0.3 is 19.9 Å². The Morgan fingerprint density at radius 3 is 2.75 bits per heavy atom. The lowest BCUT2D eigenvalue weighted by atomic mass is 9.75. The van der Waals surface area contributed by atoms with Gasteiger partial charge in [-0.25, -0.2) is 4.39 Å². The molecular weight excluding hydrogens is 487 g/mol. The summed E-state index contributed by atoms with van der Waals surface area (Å²) in [7, 11) is 1.75. The number of rotatable bonds is 5. The Labute approximate surface area is 212 Å². The first-order valence-electron chi connectivity index (χ1n) is 11.5. The van der Waals surface area contributed by atoms with E-state index in [4.69, 9.17) is 16.3 Å². The highest BCUT2D eigenvalue weighted by atomic mass is 35.5. The lowest BCUT2D eigenvalue weighted by molar-refractivity contribution is -0.140. The summed E-state index contributed by atoms with van der Waals surface area (Å²) in [5, 5.41) is 27.5. The largest absolute Gasteiger partial charge is 0.476 e. The van der Waals surface area contributed by atoms with Crippen LogP contribution in [0.2, 0.25) is 5.02 Å². The number of hydrogen-bond acceptors (Lipinski definition) is 8. The predicted molar refractivity (Wildman–Crippen MR) is 131 cm³/mol. The molecule has 0 bridgehead atoms. The van der Waals surface area contributed by atoms with Crippen LogP contribution in [0.1, 0.15) is 18.4 Å². The number of aromatic nitrogens is 4. The number of amides is 1. The standard InChI is InChI=1S/C24H24ClFN8O2/c1-33(23-29-31-32-30-23)19-11-20-18(10-17(19)25)28-13-21(36-20)22(35)34-8-6-24(14-27,7-9-34)12-15-2-4-16(26)5-3-15/h2-5,10-11,21,28H,6-9,12-13H2,1H3,(H,29,30,31,32). The number of ether oxygens (including phenoxy) is 1. The zero-order valence-corrected chi connectivity index (χ0v) is 20.3. The van der Waals surface area contributed by atoms with Crippen molar-refractivity contribution < 1.29 is 13.9 Å². The van der Waals surface area contributed by atoms with Gasteiger partial charge in [-0.1, -0.05) is 28.8 Å². The lowest BCUT2D eigenvalue weighted by Crippen LogP contribution is -2.51. The third kappa shape index (κ3) is 4.64. The minimum Gasteiger partial charge on any atom is -0.476 e. The van der Waals surface area contributed by atoms with E-state index in [1.807, 2.05) is 0 Å². The fraction of sp³-hybridized carbons (Fsp3) is 0.375. The van der Waals surface area contributed by atoms with E-state index in [0.717, 1.165) is 5.56 Å². The molecule has 3 heterocycles. The molecule has 0 radical (unpaired) electrons. The summed E-state index contributed by atoms with van der Waals surface area (Å²) in [6.45, 7) is 1.21. The molecule has 1 saturated heterocycles. The maximum absolute atomic E-state index is 13.3. The summed E-state index contributed by atoms with van der Waals surface area (Å²) in [5.74, 6) is 0.394. The van der Waals surface area contributed by atoms with E-state index < -0.39 is 11.5 Å². The van der Waals surface area contributed by atoms with Crippen molar-refractivity contribution in [2.24, 2.45) is 5.41 Å². The second-order valence-corrected chi connectivity index (χ2v) is 9.49. The minimum atomic E-state index is -0.714. The first kappa shape index (κ1) is 23.8. The summed E-state index contributed by atoms with van der Waals surface area (Å²) >= 11 is 6.46. The van der Waals surface area contributed by atoms with Gasteiger partial charge in [0.05, 0.1) is 34.4 Å². The number of anilines is 3. The second-order valence-electron chi connectivity index (χ2n) is 9.08. The topological polar surface area (TPSA) is 123 Å². The van der Waals surface area contributed by atoms with Gasteiger partial charge in [0.1, 0.15) is 11.6 Å². The molecule has 2 aliphatic rings. The van der Waals surface area contributed by atoms with E-state index >= 15 is 0 Å². The molecule has 3 aromatic rings. The Morgan fingerprint density at radius 1 is 1.33 bits per heavy atom. The fourth-order valence-corrected chi connectivity index (χ4v) is 4.95. The fourth-order valence-electron chi connectivity index (χ4n) is 4.66. The molecule has 12 heteroatoms. The van der Waals surface area contributed by atoms with E-state index in [1.54, 1.807) is 41.1 Å². The number of nitrogens with zero attached hydrogens (tertiary/aromatic N) is 6. The zero-order valence-electron chi connectivity index (χ0n) is 19.5. The van der Waals surface area contributed by atoms with Crippen molar-refractivity contribution in [1.82, 2.24) is 25.5 Å². The summed E-state index contributed by atoms with van der Waals surface area (Å²) in [6.07, 6.45) is 0.892. The van der Waals surface area contributed by atoms with Crippen LogP contribution in [-0.4, -0.2) is 64.2 Å². The molecule has 2 aromatic carbocycles. The SMILES string of the molecule is CN(c1nn[nH]n1)c1cc2c(cc1Cl)NCC(C(=O)N1CCC(C#N)(Cc3ccc(F)cc3)CC1)O2. The molecule has 1 amide bonds. The van der Waals surface area contributed by atoms with Gasteiger partial charge in [0.15, 0.2) is 6.10 Å². The number of H-pyrrole nitrogens is 1. The van der Waals surface area contributed by atoms with Gasteiger partial charge in [0.2, 0.25) is 0 Å². The van der Waals surface area contributed by atoms with Crippen LogP contribution in [0.25, 0.3) is 0 Å². The highest BCUT2D eigenvalue weighted by molar-refractivity contribution is 6.33. The van der Waals surface area contributed by atoms with Crippen molar-refractivity contribution >= 4 is 34.8 Å². The Balaban J connectivity index is 1.25. The van der Waals surface area contributed by atoms with Crippen molar-refractivity contribution in [2.75, 3.05) is 36.9 Å². The van der Waals surface area contributed by atoms with Gasteiger partial charge in [0.25, 0.3) is 11.9 Å². The monoisotopic (exact) mass is 510 g/mol. The number of hydrogen-bond donors (Lipinski definition) is 2. The number of aromatic amines is 1. The van der Waals surface area contributed by atoms with Crippen molar-refractivity contribution in [2.45, 2.75) is 25.4 Å². The smallest absolute Gasteiger partial charge is 0.269 e. The van der Waals surface area contributed by atoms with Crippen molar-refractivity contribution in [3.63, 3.8) is 0 Å². The number of likely N-dealkylation sites (tertiary alicyclic amines) is 1. The molecule has 1 atom stereocenters. The molecule has 1 aromatic heterocycles. The van der Waals surface area contributed by atoms with Crippen LogP contribution in [-0.2, 0) is 11.2 Å². The van der Waals surface area contributed by atoms with Gasteiger partial charge in [-0.15, -0.1) is 5.10 Å². The summed E-state index contributed by atoms with van der Waals surface area (Å²) in [6, 6.07) is 12.2. The Hall–Kier alpha value is -3.91. The number of tetrazole rings is 1. The molecule has 10 nitrogen and oxygen atoms in total. The molecule has 0 spiro atoms. The van der Waals surface area contributed by atoms with Crippen LogP contribution in [0.3, 0.4) is 0 Å². The van der Waals surface area contributed by atoms with E-state index in [0.29, 0.717) is 67.0 Å². The van der Waals surface area contributed by atoms with Gasteiger partial charge in [0, 0.05) is 26.2 Å². The first-order valence-corrected chi connectivity index (χ1v) is 11.9. The third-order valence-electron chi connectivity index (χ3n) is 6.79. The molecule has 186 valence electrons. The van der Waals surface area contributed by atoms with Gasteiger partial charge >= 0.3 is 0 Å². The van der Waals surface area contributed by atoms with Crippen LogP contribution in [0, 0.1) is 22.6 Å². The number of carbonyl (C=O) groups excluding carboxylic acids is 1. The Kier molecular flexibility index (Phi) is 6.36. The van der Waals surface area contributed by atoms with Crippen LogP contribution in [0.15, 0.2) is 36.4 Å². The second kappa shape index (κ2) is 9.62. The van der Waals surface area contributed by atoms with Crippen LogP contribution in [0.5, 0.6) is 5.75 Å². The number of piperidine rings is 1. The van der Waals surface area contributed by atoms with E-state index in [-0.39, 0.29) is 11.7 Å². The number of halogens is 2.